The summed E-state index contributed by atoms with van der Waals surface area (Å²) in [5, 5.41) is 11.5. The van der Waals surface area contributed by atoms with Crippen LogP contribution in [-0.2, 0) is 20.9 Å². The number of carbonyl (C=O) groups excluding carboxylic acids is 2. The Morgan fingerprint density at radius 2 is 1.74 bits per heavy atom. The second-order valence-electron chi connectivity index (χ2n) is 9.77. The molecule has 8 heteroatoms. The lowest BCUT2D eigenvalue weighted by molar-refractivity contribution is -0.142. The van der Waals surface area contributed by atoms with Gasteiger partial charge >= 0.3 is 0 Å². The highest BCUT2D eigenvalue weighted by atomic mass is 16.5. The predicted molar refractivity (Wildman–Crippen MR) is 137 cm³/mol. The van der Waals surface area contributed by atoms with Crippen molar-refractivity contribution in [3.63, 3.8) is 0 Å². The van der Waals surface area contributed by atoms with E-state index in [1.165, 1.54) is 5.56 Å². The molecule has 1 atom stereocenters. The maximum atomic E-state index is 13.7. The molecule has 1 N–H and O–H groups in total. The van der Waals surface area contributed by atoms with Gasteiger partial charge in [-0.15, -0.1) is 5.10 Å². The Labute approximate surface area is 207 Å². The van der Waals surface area contributed by atoms with Crippen molar-refractivity contribution in [2.24, 2.45) is 0 Å². The minimum absolute atomic E-state index is 0.0325. The van der Waals surface area contributed by atoms with Gasteiger partial charge in [-0.3, -0.25) is 9.59 Å². The van der Waals surface area contributed by atoms with Crippen LogP contribution in [0.2, 0.25) is 0 Å². The molecule has 0 saturated heterocycles. The summed E-state index contributed by atoms with van der Waals surface area (Å²) in [5.41, 5.74) is 3.00. The number of rotatable bonds is 11. The van der Waals surface area contributed by atoms with Gasteiger partial charge in [0.25, 0.3) is 0 Å². The van der Waals surface area contributed by atoms with Gasteiger partial charge in [-0.05, 0) is 49.4 Å². The molecular formula is C27H37N5O3. The van der Waals surface area contributed by atoms with E-state index in [4.69, 9.17) is 4.74 Å². The lowest BCUT2D eigenvalue weighted by Crippen LogP contribution is -2.51. The molecule has 188 valence electrons. The third-order valence-electron chi connectivity index (χ3n) is 6.39. The molecule has 0 fully saturated rings. The summed E-state index contributed by atoms with van der Waals surface area (Å²) >= 11 is 0. The molecule has 0 aliphatic rings. The van der Waals surface area contributed by atoms with Gasteiger partial charge in [-0.1, -0.05) is 62.4 Å². The normalized spacial score (nSPS) is 12.7. The fourth-order valence-electron chi connectivity index (χ4n) is 3.87. The van der Waals surface area contributed by atoms with Gasteiger partial charge < -0.3 is 15.0 Å². The first kappa shape index (κ1) is 26.3. The van der Waals surface area contributed by atoms with Gasteiger partial charge in [0.15, 0.2) is 0 Å². The van der Waals surface area contributed by atoms with Gasteiger partial charge in [-0.25, -0.2) is 4.68 Å². The van der Waals surface area contributed by atoms with Crippen molar-refractivity contribution in [1.82, 2.24) is 25.2 Å². The number of benzene rings is 2. The second-order valence-corrected chi connectivity index (χ2v) is 9.77. The van der Waals surface area contributed by atoms with Crippen LogP contribution in [-0.4, -0.2) is 57.5 Å². The van der Waals surface area contributed by atoms with Crippen molar-refractivity contribution in [2.75, 3.05) is 20.3 Å². The van der Waals surface area contributed by atoms with Crippen molar-refractivity contribution >= 4 is 22.8 Å². The van der Waals surface area contributed by atoms with Crippen LogP contribution in [0, 0.1) is 0 Å². The van der Waals surface area contributed by atoms with Crippen LogP contribution in [0.15, 0.2) is 48.5 Å². The number of aromatic nitrogens is 3. The number of amides is 2. The largest absolute Gasteiger partial charge is 0.383 e. The number of carbonyl (C=O) groups is 2. The van der Waals surface area contributed by atoms with Crippen molar-refractivity contribution in [3.05, 3.63) is 59.7 Å². The molecule has 0 radical (unpaired) electrons. The first-order valence-corrected chi connectivity index (χ1v) is 12.2. The molecule has 1 aromatic heterocycles. The lowest BCUT2D eigenvalue weighted by Gasteiger charge is -2.34. The minimum atomic E-state index is -0.806. The standard InChI is InChI=1S/C27H37N5O3/c1-7-27(4,5)28-26(34)25(21-14-12-20(13-15-21)19(2)3)31(16-17-35-6)24(33)18-32-23-11-9-8-10-22(23)29-30-32/h8-15,19,25H,7,16-18H2,1-6H3,(H,28,34)/t25-/m1/s1. The van der Waals surface area contributed by atoms with Gasteiger partial charge in [0.1, 0.15) is 18.1 Å². The SMILES string of the molecule is CCC(C)(C)NC(=O)[C@@H](c1ccc(C(C)C)cc1)N(CCOC)C(=O)Cn1nnc2ccccc21. The van der Waals surface area contributed by atoms with E-state index in [-0.39, 0.29) is 24.9 Å². The molecule has 1 heterocycles. The van der Waals surface area contributed by atoms with E-state index in [2.05, 4.69) is 29.5 Å². The number of hydrogen-bond acceptors (Lipinski definition) is 5. The summed E-state index contributed by atoms with van der Waals surface area (Å²) in [6.07, 6.45) is 0.759. The van der Waals surface area contributed by atoms with Crippen LogP contribution in [0.25, 0.3) is 11.0 Å². The van der Waals surface area contributed by atoms with Gasteiger partial charge in [-0.2, -0.15) is 0 Å². The smallest absolute Gasteiger partial charge is 0.247 e. The van der Waals surface area contributed by atoms with Crippen molar-refractivity contribution < 1.29 is 14.3 Å². The molecule has 3 aromatic rings. The number of ether oxygens (including phenoxy) is 1. The van der Waals surface area contributed by atoms with Crippen LogP contribution >= 0.6 is 0 Å². The molecule has 0 aliphatic carbocycles. The van der Waals surface area contributed by atoms with Gasteiger partial charge in [0.05, 0.1) is 12.1 Å². The highest BCUT2D eigenvalue weighted by Crippen LogP contribution is 2.26. The zero-order valence-electron chi connectivity index (χ0n) is 21.6. The number of para-hydroxylation sites is 1. The van der Waals surface area contributed by atoms with E-state index in [0.29, 0.717) is 18.0 Å². The second kappa shape index (κ2) is 11.4. The first-order valence-electron chi connectivity index (χ1n) is 12.2. The van der Waals surface area contributed by atoms with Crippen molar-refractivity contribution in [1.29, 1.82) is 0 Å². The van der Waals surface area contributed by atoms with Crippen molar-refractivity contribution in [2.45, 2.75) is 65.1 Å². The molecule has 0 saturated carbocycles. The summed E-state index contributed by atoms with van der Waals surface area (Å²) in [5.74, 6) is -0.0932. The summed E-state index contributed by atoms with van der Waals surface area (Å²) in [4.78, 5) is 29.0. The maximum absolute atomic E-state index is 13.7. The van der Waals surface area contributed by atoms with Crippen LogP contribution in [0.4, 0.5) is 0 Å². The molecule has 2 aromatic carbocycles. The molecular weight excluding hydrogens is 442 g/mol. The zero-order chi connectivity index (χ0) is 25.6. The average Bonchev–Trinajstić information content (AvgIpc) is 3.24. The number of nitrogens with zero attached hydrogens (tertiary/aromatic N) is 4. The first-order chi connectivity index (χ1) is 16.7. The Balaban J connectivity index is 1.99. The number of fused-ring (bicyclic) bond motifs is 1. The van der Waals surface area contributed by atoms with E-state index in [9.17, 15) is 9.59 Å². The summed E-state index contributed by atoms with van der Waals surface area (Å²) in [6, 6.07) is 14.6. The Bertz CT molecular complexity index is 1140. The molecule has 2 amide bonds. The van der Waals surface area contributed by atoms with E-state index < -0.39 is 11.6 Å². The van der Waals surface area contributed by atoms with Crippen LogP contribution < -0.4 is 5.32 Å². The molecule has 0 spiro atoms. The monoisotopic (exact) mass is 479 g/mol. The molecule has 0 aliphatic heterocycles. The lowest BCUT2D eigenvalue weighted by atomic mass is 9.96. The molecule has 0 unspecified atom stereocenters. The van der Waals surface area contributed by atoms with E-state index in [1.54, 1.807) is 16.7 Å². The van der Waals surface area contributed by atoms with Gasteiger partial charge in [0.2, 0.25) is 11.8 Å². The Kier molecular flexibility index (Phi) is 8.62. The highest BCUT2D eigenvalue weighted by Gasteiger charge is 2.34. The quantitative estimate of drug-likeness (QED) is 0.448. The molecule has 3 rings (SSSR count). The highest BCUT2D eigenvalue weighted by molar-refractivity contribution is 5.89. The third kappa shape index (κ3) is 6.45. The van der Waals surface area contributed by atoms with E-state index in [1.807, 2.05) is 69.3 Å². The third-order valence-corrected chi connectivity index (χ3v) is 6.39. The van der Waals surface area contributed by atoms with Crippen LogP contribution in [0.3, 0.4) is 0 Å². The predicted octanol–water partition coefficient (Wildman–Crippen LogP) is 4.08. The fraction of sp³-hybridized carbons (Fsp3) is 0.481. The Morgan fingerprint density at radius 1 is 1.09 bits per heavy atom. The fourth-order valence-corrected chi connectivity index (χ4v) is 3.87. The van der Waals surface area contributed by atoms with Crippen LogP contribution in [0.1, 0.15) is 64.1 Å². The Hall–Kier alpha value is -3.26. The maximum Gasteiger partial charge on any atom is 0.247 e. The zero-order valence-corrected chi connectivity index (χ0v) is 21.6. The molecule has 8 nitrogen and oxygen atoms in total. The van der Waals surface area contributed by atoms with E-state index >= 15 is 0 Å². The van der Waals surface area contributed by atoms with E-state index in [0.717, 1.165) is 17.5 Å². The number of methoxy groups -OCH3 is 1. The van der Waals surface area contributed by atoms with Crippen LogP contribution in [0.5, 0.6) is 0 Å². The van der Waals surface area contributed by atoms with Gasteiger partial charge in [0, 0.05) is 19.2 Å². The topological polar surface area (TPSA) is 89.4 Å². The van der Waals surface area contributed by atoms with Crippen molar-refractivity contribution in [3.8, 4) is 0 Å². The summed E-state index contributed by atoms with van der Waals surface area (Å²) in [7, 11) is 1.58. The Morgan fingerprint density at radius 3 is 2.37 bits per heavy atom. The number of nitrogens with one attached hydrogen (secondary N) is 1. The summed E-state index contributed by atoms with van der Waals surface area (Å²) < 4.78 is 6.88. The summed E-state index contributed by atoms with van der Waals surface area (Å²) in [6.45, 7) is 10.8. The molecule has 0 bridgehead atoms. The molecule has 35 heavy (non-hydrogen) atoms. The number of hydrogen-bond donors (Lipinski definition) is 1. The minimum Gasteiger partial charge on any atom is -0.383 e. The average molecular weight is 480 g/mol.